The number of hydrogen-bond donors (Lipinski definition) is 1. The molecule has 0 aromatic carbocycles. The Hall–Kier alpha value is -1.90. The Balaban J connectivity index is 1.82. The Morgan fingerprint density at radius 2 is 1.40 bits per heavy atom. The second-order valence-electron chi connectivity index (χ2n) is 6.81. The fourth-order valence-corrected chi connectivity index (χ4v) is 3.24. The Kier molecular flexibility index (Phi) is 6.98. The van der Waals surface area contributed by atoms with Crippen molar-refractivity contribution < 1.29 is 24.3 Å². The molecule has 2 saturated heterocycles. The number of carbonyl (C=O) groups excluding carboxylic acids is 3. The van der Waals surface area contributed by atoms with Crippen molar-refractivity contribution in [3.05, 3.63) is 12.2 Å². The number of carbonyl (C=O) groups is 4. The third-order valence-corrected chi connectivity index (χ3v) is 4.31. The molecule has 2 aliphatic rings. The fourth-order valence-electron chi connectivity index (χ4n) is 3.24. The van der Waals surface area contributed by atoms with E-state index in [4.69, 9.17) is 5.11 Å². The van der Waals surface area contributed by atoms with E-state index in [0.717, 1.165) is 5.57 Å². The molecule has 0 amide bonds. The van der Waals surface area contributed by atoms with E-state index in [1.54, 1.807) is 9.80 Å². The van der Waals surface area contributed by atoms with Gasteiger partial charge in [-0.25, -0.2) is 0 Å². The van der Waals surface area contributed by atoms with Crippen LogP contribution in [0.5, 0.6) is 0 Å². The summed E-state index contributed by atoms with van der Waals surface area (Å²) in [5, 5.41) is 9.08. The van der Waals surface area contributed by atoms with Crippen LogP contribution in [0.4, 0.5) is 0 Å². The molecule has 2 fully saturated rings. The van der Waals surface area contributed by atoms with Crippen LogP contribution in [-0.2, 0) is 19.2 Å². The van der Waals surface area contributed by atoms with Crippen LogP contribution in [0.15, 0.2) is 12.2 Å². The third kappa shape index (κ3) is 6.85. The number of hydrogen-bond acceptors (Lipinski definition) is 7. The summed E-state index contributed by atoms with van der Waals surface area (Å²) < 4.78 is 0. The molecule has 0 bridgehead atoms. The van der Waals surface area contributed by atoms with Crippen molar-refractivity contribution in [3.8, 4) is 0 Å². The number of piperidine rings is 2. The lowest BCUT2D eigenvalue weighted by Crippen LogP contribution is -2.47. The number of ketones is 3. The number of carboxylic acid groups (broad SMARTS) is 1. The number of likely N-dealkylation sites (tertiary alicyclic amines) is 2. The molecular formula is C17H25N3O5. The molecule has 0 saturated carbocycles. The van der Waals surface area contributed by atoms with Crippen LogP contribution < -0.4 is 0 Å². The zero-order chi connectivity index (χ0) is 18.4. The van der Waals surface area contributed by atoms with Crippen LogP contribution in [0.1, 0.15) is 12.8 Å². The average Bonchev–Trinajstić information content (AvgIpc) is 2.47. The average molecular weight is 351 g/mol. The van der Waals surface area contributed by atoms with Gasteiger partial charge >= 0.3 is 5.97 Å². The highest BCUT2D eigenvalue weighted by Crippen LogP contribution is 2.10. The van der Waals surface area contributed by atoms with E-state index < -0.39 is 5.97 Å². The molecule has 2 rings (SSSR count). The summed E-state index contributed by atoms with van der Waals surface area (Å²) in [5.41, 5.74) is 0.881. The summed E-state index contributed by atoms with van der Waals surface area (Å²) in [4.78, 5) is 51.2. The van der Waals surface area contributed by atoms with Gasteiger partial charge in [0.1, 0.15) is 0 Å². The first-order chi connectivity index (χ1) is 11.8. The Morgan fingerprint density at radius 1 is 0.920 bits per heavy atom. The third-order valence-electron chi connectivity index (χ3n) is 4.31. The van der Waals surface area contributed by atoms with Crippen LogP contribution in [0.2, 0.25) is 0 Å². The highest BCUT2D eigenvalue weighted by atomic mass is 16.4. The molecular weight excluding hydrogens is 326 g/mol. The van der Waals surface area contributed by atoms with Crippen molar-refractivity contribution in [2.75, 3.05) is 58.9 Å². The van der Waals surface area contributed by atoms with Crippen molar-refractivity contribution in [3.63, 3.8) is 0 Å². The zero-order valence-corrected chi connectivity index (χ0v) is 14.4. The first-order valence-electron chi connectivity index (χ1n) is 8.42. The zero-order valence-electron chi connectivity index (χ0n) is 14.4. The van der Waals surface area contributed by atoms with Crippen molar-refractivity contribution in [1.82, 2.24) is 14.7 Å². The monoisotopic (exact) mass is 351 g/mol. The molecule has 8 nitrogen and oxygen atoms in total. The Labute approximate surface area is 147 Å². The molecule has 25 heavy (non-hydrogen) atoms. The van der Waals surface area contributed by atoms with Gasteiger partial charge in [0, 0.05) is 39.1 Å². The van der Waals surface area contributed by atoms with Crippen molar-refractivity contribution in [2.45, 2.75) is 12.8 Å². The van der Waals surface area contributed by atoms with E-state index in [1.807, 2.05) is 4.90 Å². The molecule has 0 radical (unpaired) electrons. The normalized spacial score (nSPS) is 20.5. The molecule has 0 aromatic rings. The lowest BCUT2D eigenvalue weighted by molar-refractivity contribution is -0.139. The number of aliphatic carboxylic acids is 1. The van der Waals surface area contributed by atoms with E-state index in [0.29, 0.717) is 45.7 Å². The number of carboxylic acids is 1. The van der Waals surface area contributed by atoms with Crippen LogP contribution in [0.25, 0.3) is 0 Å². The summed E-state index contributed by atoms with van der Waals surface area (Å²) in [6.45, 7) is 7.26. The summed E-state index contributed by atoms with van der Waals surface area (Å²) in [7, 11) is 0. The summed E-state index contributed by atoms with van der Waals surface area (Å²) in [5.74, 6) is -0.978. The van der Waals surface area contributed by atoms with Crippen LogP contribution >= 0.6 is 0 Å². The standard InChI is InChI=1S/C17H25N3O5/c1-13-6-14(21)9-19(8-13)4-2-18(12-17(24)25)3-5-20-10-15(22)7-16(23)11-20/h1-12H2,(H,24,25). The van der Waals surface area contributed by atoms with Gasteiger partial charge in [0.2, 0.25) is 0 Å². The van der Waals surface area contributed by atoms with Crippen molar-refractivity contribution in [2.24, 2.45) is 0 Å². The Morgan fingerprint density at radius 3 is 1.88 bits per heavy atom. The maximum absolute atomic E-state index is 11.6. The molecule has 2 aliphatic heterocycles. The number of Topliss-reactive ketones (excluding diaryl/α,β-unsaturated/α-hetero) is 3. The van der Waals surface area contributed by atoms with E-state index in [2.05, 4.69) is 6.58 Å². The maximum atomic E-state index is 11.6. The van der Waals surface area contributed by atoms with Crippen LogP contribution in [-0.4, -0.2) is 102 Å². The molecule has 8 heteroatoms. The first kappa shape index (κ1) is 19.4. The predicted octanol–water partition coefficient (Wildman–Crippen LogP) is -0.952. The van der Waals surface area contributed by atoms with Gasteiger partial charge in [0.25, 0.3) is 0 Å². The SMILES string of the molecule is C=C1CC(=O)CN(CCN(CCN2CC(=O)CC(=O)C2)CC(=O)O)C1. The molecule has 0 unspecified atom stereocenters. The predicted molar refractivity (Wildman–Crippen MR) is 90.4 cm³/mol. The van der Waals surface area contributed by atoms with E-state index in [-0.39, 0.29) is 43.4 Å². The Bertz CT molecular complexity index is 501. The van der Waals surface area contributed by atoms with E-state index in [1.165, 1.54) is 0 Å². The second kappa shape index (κ2) is 8.98. The lowest BCUT2D eigenvalue weighted by atomic mass is 10.1. The van der Waals surface area contributed by atoms with Gasteiger partial charge in [-0.1, -0.05) is 12.2 Å². The number of rotatable bonds is 8. The molecule has 0 atom stereocenters. The molecule has 0 aliphatic carbocycles. The van der Waals surface area contributed by atoms with Gasteiger partial charge in [-0.2, -0.15) is 0 Å². The topological polar surface area (TPSA) is 98.2 Å². The van der Waals surface area contributed by atoms with E-state index >= 15 is 0 Å². The maximum Gasteiger partial charge on any atom is 0.317 e. The fraction of sp³-hybridized carbons (Fsp3) is 0.647. The lowest BCUT2D eigenvalue weighted by Gasteiger charge is -2.31. The van der Waals surface area contributed by atoms with Gasteiger partial charge < -0.3 is 5.11 Å². The number of nitrogens with zero attached hydrogens (tertiary/aromatic N) is 3. The van der Waals surface area contributed by atoms with Crippen molar-refractivity contribution in [1.29, 1.82) is 0 Å². The second-order valence-corrected chi connectivity index (χ2v) is 6.81. The highest BCUT2D eigenvalue weighted by molar-refractivity contribution is 6.03. The molecule has 138 valence electrons. The van der Waals surface area contributed by atoms with Gasteiger partial charge in [-0.15, -0.1) is 0 Å². The van der Waals surface area contributed by atoms with Gasteiger partial charge in [0.15, 0.2) is 17.3 Å². The largest absolute Gasteiger partial charge is 0.480 e. The van der Waals surface area contributed by atoms with Crippen LogP contribution in [0.3, 0.4) is 0 Å². The van der Waals surface area contributed by atoms with Gasteiger partial charge in [-0.3, -0.25) is 33.9 Å². The summed E-state index contributed by atoms with van der Waals surface area (Å²) in [6, 6.07) is 0. The van der Waals surface area contributed by atoms with Gasteiger partial charge in [0.05, 0.1) is 32.6 Å². The minimum absolute atomic E-state index is 0.00220. The minimum Gasteiger partial charge on any atom is -0.480 e. The van der Waals surface area contributed by atoms with Crippen LogP contribution in [0, 0.1) is 0 Å². The first-order valence-corrected chi connectivity index (χ1v) is 8.42. The molecule has 2 heterocycles. The summed E-state index contributed by atoms with van der Waals surface area (Å²) >= 11 is 0. The quantitative estimate of drug-likeness (QED) is 0.441. The summed E-state index contributed by atoms with van der Waals surface area (Å²) in [6.07, 6.45) is 0.425. The molecule has 0 spiro atoms. The minimum atomic E-state index is -0.926. The van der Waals surface area contributed by atoms with Gasteiger partial charge in [-0.05, 0) is 0 Å². The van der Waals surface area contributed by atoms with Crippen molar-refractivity contribution >= 4 is 23.3 Å². The molecule has 0 aromatic heterocycles. The smallest absolute Gasteiger partial charge is 0.317 e. The molecule has 1 N–H and O–H groups in total. The highest BCUT2D eigenvalue weighted by Gasteiger charge is 2.24. The van der Waals surface area contributed by atoms with E-state index in [9.17, 15) is 19.2 Å².